The van der Waals surface area contributed by atoms with Crippen LogP contribution in [0.2, 0.25) is 5.02 Å². The van der Waals surface area contributed by atoms with Crippen LogP contribution in [0.5, 0.6) is 5.75 Å². The van der Waals surface area contributed by atoms with Crippen molar-refractivity contribution >= 4 is 11.6 Å². The number of ether oxygens (including phenoxy) is 1. The molecular formula is C11H11ClO2. The lowest BCUT2D eigenvalue weighted by Gasteiger charge is -2.09. The minimum absolute atomic E-state index is 0.280. The minimum Gasteiger partial charge on any atom is -0.495 e. The zero-order valence-corrected chi connectivity index (χ0v) is 8.58. The van der Waals surface area contributed by atoms with Crippen molar-refractivity contribution in [3.05, 3.63) is 28.8 Å². The quantitative estimate of drug-likeness (QED) is 0.777. The molecule has 74 valence electrons. The number of aliphatic hydroxyl groups excluding tert-OH is 1. The van der Waals surface area contributed by atoms with Crippen LogP contribution in [-0.2, 0) is 0 Å². The van der Waals surface area contributed by atoms with Crippen LogP contribution in [0.3, 0.4) is 0 Å². The Balaban J connectivity index is 2.92. The van der Waals surface area contributed by atoms with Crippen LogP contribution in [0.1, 0.15) is 18.1 Å². The number of aliphatic hydroxyl groups is 1. The van der Waals surface area contributed by atoms with Gasteiger partial charge in [-0.15, -0.1) is 12.3 Å². The maximum Gasteiger partial charge on any atom is 0.137 e. The molecule has 0 aliphatic rings. The van der Waals surface area contributed by atoms with Crippen molar-refractivity contribution in [2.45, 2.75) is 12.5 Å². The third-order valence-corrected chi connectivity index (χ3v) is 2.17. The molecular weight excluding hydrogens is 200 g/mol. The summed E-state index contributed by atoms with van der Waals surface area (Å²) in [5.41, 5.74) is 0.703. The number of rotatable bonds is 3. The molecule has 14 heavy (non-hydrogen) atoms. The predicted molar refractivity (Wildman–Crippen MR) is 56.4 cm³/mol. The van der Waals surface area contributed by atoms with Crippen LogP contribution in [-0.4, -0.2) is 12.2 Å². The van der Waals surface area contributed by atoms with Crippen LogP contribution in [0, 0.1) is 12.3 Å². The van der Waals surface area contributed by atoms with Crippen LogP contribution in [0.15, 0.2) is 18.2 Å². The van der Waals surface area contributed by atoms with E-state index in [1.807, 2.05) is 0 Å². The third-order valence-electron chi connectivity index (χ3n) is 1.87. The molecule has 0 aliphatic heterocycles. The number of benzene rings is 1. The average molecular weight is 211 g/mol. The van der Waals surface area contributed by atoms with Gasteiger partial charge in [0.1, 0.15) is 5.75 Å². The zero-order chi connectivity index (χ0) is 10.6. The molecule has 2 nitrogen and oxygen atoms in total. The molecule has 0 saturated heterocycles. The highest BCUT2D eigenvalue weighted by molar-refractivity contribution is 6.32. The Hall–Kier alpha value is -1.17. The first-order valence-corrected chi connectivity index (χ1v) is 4.51. The van der Waals surface area contributed by atoms with Crippen molar-refractivity contribution in [3.63, 3.8) is 0 Å². The summed E-state index contributed by atoms with van der Waals surface area (Å²) >= 11 is 5.89. The fourth-order valence-electron chi connectivity index (χ4n) is 1.12. The van der Waals surface area contributed by atoms with Gasteiger partial charge in [0.2, 0.25) is 0 Å². The molecule has 1 aromatic carbocycles. The van der Waals surface area contributed by atoms with Crippen LogP contribution >= 0.6 is 11.6 Å². The molecule has 1 unspecified atom stereocenters. The van der Waals surface area contributed by atoms with E-state index < -0.39 is 6.10 Å². The molecule has 0 aliphatic carbocycles. The second-order valence-corrected chi connectivity index (χ2v) is 3.23. The van der Waals surface area contributed by atoms with E-state index in [0.29, 0.717) is 16.3 Å². The van der Waals surface area contributed by atoms with E-state index in [4.69, 9.17) is 22.8 Å². The van der Waals surface area contributed by atoms with Gasteiger partial charge in [0.15, 0.2) is 0 Å². The van der Waals surface area contributed by atoms with Crippen molar-refractivity contribution in [2.24, 2.45) is 0 Å². The Kier molecular flexibility index (Phi) is 3.82. The fourth-order valence-corrected chi connectivity index (χ4v) is 1.39. The Morgan fingerprint density at radius 3 is 2.86 bits per heavy atom. The van der Waals surface area contributed by atoms with Gasteiger partial charge >= 0.3 is 0 Å². The summed E-state index contributed by atoms with van der Waals surface area (Å²) in [4.78, 5) is 0. The molecule has 0 aromatic heterocycles. The largest absolute Gasteiger partial charge is 0.495 e. The molecule has 0 radical (unpaired) electrons. The van der Waals surface area contributed by atoms with Crippen LogP contribution in [0.4, 0.5) is 0 Å². The van der Waals surface area contributed by atoms with Crippen molar-refractivity contribution in [1.82, 2.24) is 0 Å². The molecule has 3 heteroatoms. The van der Waals surface area contributed by atoms with Crippen molar-refractivity contribution in [2.75, 3.05) is 7.11 Å². The summed E-state index contributed by atoms with van der Waals surface area (Å²) in [6.45, 7) is 0. The second-order valence-electron chi connectivity index (χ2n) is 2.82. The predicted octanol–water partition coefficient (Wildman–Crippen LogP) is 2.41. The highest BCUT2D eigenvalue weighted by atomic mass is 35.5. The van der Waals surface area contributed by atoms with Gasteiger partial charge < -0.3 is 9.84 Å². The van der Waals surface area contributed by atoms with E-state index in [2.05, 4.69) is 5.92 Å². The Morgan fingerprint density at radius 1 is 1.64 bits per heavy atom. The highest BCUT2D eigenvalue weighted by Gasteiger charge is 2.08. The monoisotopic (exact) mass is 210 g/mol. The molecule has 0 fully saturated rings. The lowest BCUT2D eigenvalue weighted by Crippen LogP contribution is -1.96. The number of hydrogen-bond acceptors (Lipinski definition) is 2. The molecule has 0 spiro atoms. The van der Waals surface area contributed by atoms with Gasteiger partial charge in [-0.2, -0.15) is 0 Å². The van der Waals surface area contributed by atoms with E-state index in [1.165, 1.54) is 0 Å². The number of methoxy groups -OCH3 is 1. The van der Waals surface area contributed by atoms with E-state index >= 15 is 0 Å². The van der Waals surface area contributed by atoms with Gasteiger partial charge in [-0.3, -0.25) is 0 Å². The van der Waals surface area contributed by atoms with Gasteiger partial charge in [-0.25, -0.2) is 0 Å². The fraction of sp³-hybridized carbons (Fsp3) is 0.273. The van der Waals surface area contributed by atoms with Crippen molar-refractivity contribution in [1.29, 1.82) is 0 Å². The third kappa shape index (κ3) is 2.41. The van der Waals surface area contributed by atoms with Gasteiger partial charge in [-0.1, -0.05) is 17.7 Å². The van der Waals surface area contributed by atoms with Crippen molar-refractivity contribution < 1.29 is 9.84 Å². The first kappa shape index (κ1) is 10.9. The van der Waals surface area contributed by atoms with E-state index in [9.17, 15) is 5.11 Å². The van der Waals surface area contributed by atoms with E-state index in [-0.39, 0.29) is 6.42 Å². The molecule has 1 atom stereocenters. The smallest absolute Gasteiger partial charge is 0.137 e. The van der Waals surface area contributed by atoms with Gasteiger partial charge in [0.25, 0.3) is 0 Å². The number of terminal acetylenes is 1. The zero-order valence-electron chi connectivity index (χ0n) is 7.83. The first-order valence-electron chi connectivity index (χ1n) is 4.14. The Labute approximate surface area is 88.5 Å². The number of halogens is 1. The van der Waals surface area contributed by atoms with E-state index in [1.54, 1.807) is 25.3 Å². The van der Waals surface area contributed by atoms with Gasteiger partial charge in [0, 0.05) is 6.42 Å². The maximum absolute atomic E-state index is 9.57. The lowest BCUT2D eigenvalue weighted by molar-refractivity contribution is 0.184. The first-order chi connectivity index (χ1) is 6.69. The van der Waals surface area contributed by atoms with Gasteiger partial charge in [0.05, 0.1) is 18.2 Å². The summed E-state index contributed by atoms with van der Waals surface area (Å²) in [7, 11) is 1.54. The molecule has 1 aromatic rings. The molecule has 1 N–H and O–H groups in total. The highest BCUT2D eigenvalue weighted by Crippen LogP contribution is 2.28. The SMILES string of the molecule is C#CCC(O)c1ccc(OC)c(Cl)c1. The summed E-state index contributed by atoms with van der Waals surface area (Å²) in [5.74, 6) is 2.98. The summed E-state index contributed by atoms with van der Waals surface area (Å²) in [6, 6.07) is 5.10. The van der Waals surface area contributed by atoms with Gasteiger partial charge in [-0.05, 0) is 17.7 Å². The molecule has 0 bridgehead atoms. The lowest BCUT2D eigenvalue weighted by atomic mass is 10.1. The minimum atomic E-state index is -0.664. The average Bonchev–Trinajstić information content (AvgIpc) is 2.18. The summed E-state index contributed by atoms with van der Waals surface area (Å²) in [6.07, 6.45) is 4.71. The normalized spacial score (nSPS) is 11.9. The van der Waals surface area contributed by atoms with E-state index in [0.717, 1.165) is 0 Å². The number of hydrogen-bond donors (Lipinski definition) is 1. The van der Waals surface area contributed by atoms with Crippen LogP contribution in [0.25, 0.3) is 0 Å². The topological polar surface area (TPSA) is 29.5 Å². The Morgan fingerprint density at radius 2 is 2.36 bits per heavy atom. The standard InChI is InChI=1S/C11H11ClO2/c1-3-4-10(13)8-5-6-11(14-2)9(12)7-8/h1,5-7,10,13H,4H2,2H3. The van der Waals surface area contributed by atoms with Crippen LogP contribution < -0.4 is 4.74 Å². The second kappa shape index (κ2) is 4.90. The molecule has 1 rings (SSSR count). The molecule has 0 heterocycles. The summed E-state index contributed by atoms with van der Waals surface area (Å²) in [5, 5.41) is 10.0. The Bertz CT molecular complexity index is 355. The molecule has 0 saturated carbocycles. The maximum atomic E-state index is 9.57. The molecule has 0 amide bonds. The van der Waals surface area contributed by atoms with Crippen molar-refractivity contribution in [3.8, 4) is 18.1 Å². The summed E-state index contributed by atoms with van der Waals surface area (Å²) < 4.78 is 4.99.